The van der Waals surface area contributed by atoms with E-state index in [1.807, 2.05) is 0 Å². The maximum Gasteiger partial charge on any atom is 0.270 e. The number of carbonyl (C=O) groups excluding carboxylic acids is 1. The summed E-state index contributed by atoms with van der Waals surface area (Å²) in [5, 5.41) is 10.9. The van der Waals surface area contributed by atoms with Crippen LogP contribution in [-0.4, -0.2) is 43.2 Å². The Hall–Kier alpha value is -2.49. The average Bonchev–Trinajstić information content (AvgIpc) is 3.28. The van der Waals surface area contributed by atoms with Crippen LogP contribution in [0.4, 0.5) is 11.4 Å². The zero-order valence-corrected chi connectivity index (χ0v) is 17.7. The molecule has 2 aliphatic rings. The van der Waals surface area contributed by atoms with E-state index >= 15 is 0 Å². The molecule has 8 nitrogen and oxygen atoms in total. The Labute approximate surface area is 179 Å². The van der Waals surface area contributed by atoms with Gasteiger partial charge >= 0.3 is 0 Å². The molecule has 0 aliphatic carbocycles. The maximum absolute atomic E-state index is 13.1. The molecule has 4 rings (SSSR count). The summed E-state index contributed by atoms with van der Waals surface area (Å²) in [6.07, 6.45) is 3.07. The lowest BCUT2D eigenvalue weighted by molar-refractivity contribution is -0.384. The van der Waals surface area contributed by atoms with Gasteiger partial charge in [0.2, 0.25) is 10.0 Å². The van der Waals surface area contributed by atoms with Crippen LogP contribution in [0.25, 0.3) is 0 Å². The van der Waals surface area contributed by atoms with Crippen molar-refractivity contribution in [3.8, 4) is 0 Å². The standard InChI is InChI=1S/C20H20ClN3O5S/c21-18-13-15(24(26)27)5-7-17(18)20(25)23-11-3-4-14-12-16(6-8-19(14)23)30(28,29)22-9-1-2-10-22/h5-8,12-13H,1-4,9-11H2. The number of non-ortho nitro benzene ring substituents is 1. The minimum atomic E-state index is -3.54. The molecular formula is C20H20ClN3O5S. The monoisotopic (exact) mass is 449 g/mol. The van der Waals surface area contributed by atoms with E-state index in [-0.39, 0.29) is 27.1 Å². The molecule has 2 heterocycles. The van der Waals surface area contributed by atoms with E-state index in [0.717, 1.165) is 24.5 Å². The molecule has 0 saturated carbocycles. The minimum Gasteiger partial charge on any atom is -0.308 e. The Morgan fingerprint density at radius 1 is 1.03 bits per heavy atom. The summed E-state index contributed by atoms with van der Waals surface area (Å²) < 4.78 is 27.2. The third-order valence-corrected chi connectivity index (χ3v) is 7.72. The van der Waals surface area contributed by atoms with Crippen LogP contribution in [0.15, 0.2) is 41.3 Å². The Kier molecular flexibility index (Phi) is 5.52. The molecule has 2 aromatic rings. The highest BCUT2D eigenvalue weighted by Gasteiger charge is 2.30. The lowest BCUT2D eigenvalue weighted by Crippen LogP contribution is -2.36. The van der Waals surface area contributed by atoms with E-state index in [1.165, 1.54) is 22.5 Å². The fraction of sp³-hybridized carbons (Fsp3) is 0.350. The summed E-state index contributed by atoms with van der Waals surface area (Å²) in [5.74, 6) is -0.369. The molecule has 0 unspecified atom stereocenters. The smallest absolute Gasteiger partial charge is 0.270 e. The summed E-state index contributed by atoms with van der Waals surface area (Å²) in [4.78, 5) is 25.2. The van der Waals surface area contributed by atoms with E-state index in [1.54, 1.807) is 17.0 Å². The largest absolute Gasteiger partial charge is 0.308 e. The van der Waals surface area contributed by atoms with Crippen LogP contribution in [-0.2, 0) is 16.4 Å². The first-order valence-electron chi connectivity index (χ1n) is 9.68. The molecule has 158 valence electrons. The van der Waals surface area contributed by atoms with Gasteiger partial charge in [-0.3, -0.25) is 14.9 Å². The molecule has 10 heteroatoms. The van der Waals surface area contributed by atoms with Crippen molar-refractivity contribution in [2.24, 2.45) is 0 Å². The summed E-state index contributed by atoms with van der Waals surface area (Å²) in [6.45, 7) is 1.52. The van der Waals surface area contributed by atoms with Crippen molar-refractivity contribution in [2.75, 3.05) is 24.5 Å². The van der Waals surface area contributed by atoms with E-state index in [2.05, 4.69) is 0 Å². The van der Waals surface area contributed by atoms with Gasteiger partial charge in [-0.25, -0.2) is 8.42 Å². The van der Waals surface area contributed by atoms with Crippen molar-refractivity contribution in [1.29, 1.82) is 0 Å². The topological polar surface area (TPSA) is 101 Å². The molecule has 0 N–H and O–H groups in total. The predicted octanol–water partition coefficient (Wildman–Crippen LogP) is 3.63. The number of aryl methyl sites for hydroxylation is 1. The fourth-order valence-corrected chi connectivity index (χ4v) is 5.78. The van der Waals surface area contributed by atoms with Crippen LogP contribution in [0.3, 0.4) is 0 Å². The lowest BCUT2D eigenvalue weighted by atomic mass is 10.0. The van der Waals surface area contributed by atoms with E-state index in [9.17, 15) is 23.3 Å². The second-order valence-corrected chi connectivity index (χ2v) is 9.73. The van der Waals surface area contributed by atoms with E-state index in [0.29, 0.717) is 38.2 Å². The molecule has 1 fully saturated rings. The number of sulfonamides is 1. The number of hydrogen-bond donors (Lipinski definition) is 0. The molecule has 0 bridgehead atoms. The van der Waals surface area contributed by atoms with Gasteiger partial charge in [-0.1, -0.05) is 11.6 Å². The van der Waals surface area contributed by atoms with Crippen LogP contribution in [0.1, 0.15) is 35.2 Å². The quantitative estimate of drug-likeness (QED) is 0.524. The first-order chi connectivity index (χ1) is 14.3. The van der Waals surface area contributed by atoms with Gasteiger partial charge in [0.05, 0.1) is 20.4 Å². The van der Waals surface area contributed by atoms with Crippen molar-refractivity contribution in [2.45, 2.75) is 30.6 Å². The van der Waals surface area contributed by atoms with Gasteiger partial charge in [0, 0.05) is 37.5 Å². The van der Waals surface area contributed by atoms with Gasteiger partial charge in [0.25, 0.3) is 11.6 Å². The maximum atomic E-state index is 13.1. The number of halogens is 1. The SMILES string of the molecule is O=C(c1ccc([N+](=O)[O-])cc1Cl)N1CCCc2cc(S(=O)(=O)N3CCCC3)ccc21. The summed E-state index contributed by atoms with van der Waals surface area (Å²) >= 11 is 6.14. The average molecular weight is 450 g/mol. The van der Waals surface area contributed by atoms with Crippen molar-refractivity contribution in [1.82, 2.24) is 4.31 Å². The molecule has 2 aliphatic heterocycles. The van der Waals surface area contributed by atoms with E-state index in [4.69, 9.17) is 11.6 Å². The molecule has 0 atom stereocenters. The molecular weight excluding hydrogens is 430 g/mol. The second kappa shape index (κ2) is 7.98. The molecule has 2 aromatic carbocycles. The zero-order chi connectivity index (χ0) is 21.5. The van der Waals surface area contributed by atoms with Gasteiger partial charge in [-0.15, -0.1) is 0 Å². The molecule has 1 saturated heterocycles. The number of carbonyl (C=O) groups is 1. The first-order valence-corrected chi connectivity index (χ1v) is 11.5. The van der Waals surface area contributed by atoms with Crippen molar-refractivity contribution in [3.63, 3.8) is 0 Å². The van der Waals surface area contributed by atoms with Gasteiger partial charge in [0.1, 0.15) is 0 Å². The Morgan fingerprint density at radius 2 is 1.77 bits per heavy atom. The summed E-state index contributed by atoms with van der Waals surface area (Å²) in [6, 6.07) is 8.61. The molecule has 1 amide bonds. The highest BCUT2D eigenvalue weighted by atomic mass is 35.5. The summed E-state index contributed by atoms with van der Waals surface area (Å²) in [7, 11) is -3.54. The van der Waals surface area contributed by atoms with Crippen LogP contribution in [0.5, 0.6) is 0 Å². The molecule has 0 aromatic heterocycles. The Balaban J connectivity index is 1.66. The van der Waals surface area contributed by atoms with Crippen molar-refractivity contribution >= 4 is 38.9 Å². The van der Waals surface area contributed by atoms with Gasteiger partial charge in [-0.2, -0.15) is 4.31 Å². The third-order valence-electron chi connectivity index (χ3n) is 5.51. The summed E-state index contributed by atoms with van der Waals surface area (Å²) in [5.41, 5.74) is 1.41. The second-order valence-electron chi connectivity index (χ2n) is 7.38. The van der Waals surface area contributed by atoms with Crippen molar-refractivity contribution < 1.29 is 18.1 Å². The number of fused-ring (bicyclic) bond motifs is 1. The number of benzene rings is 2. The number of nitro benzene ring substituents is 1. The van der Waals surface area contributed by atoms with Gasteiger partial charge < -0.3 is 4.90 Å². The van der Waals surface area contributed by atoms with E-state index < -0.39 is 14.9 Å². The normalized spacial score (nSPS) is 17.0. The van der Waals surface area contributed by atoms with Crippen LogP contribution in [0.2, 0.25) is 5.02 Å². The molecule has 0 radical (unpaired) electrons. The first kappa shape index (κ1) is 20.8. The Bertz CT molecular complexity index is 1130. The Morgan fingerprint density at radius 3 is 2.43 bits per heavy atom. The van der Waals surface area contributed by atoms with Gasteiger partial charge in [-0.05, 0) is 55.5 Å². The highest BCUT2D eigenvalue weighted by Crippen LogP contribution is 2.33. The fourth-order valence-electron chi connectivity index (χ4n) is 3.96. The number of hydrogen-bond acceptors (Lipinski definition) is 5. The number of nitro groups is 1. The number of amides is 1. The van der Waals surface area contributed by atoms with Crippen LogP contribution < -0.4 is 4.90 Å². The van der Waals surface area contributed by atoms with Crippen LogP contribution in [0, 0.1) is 10.1 Å². The van der Waals surface area contributed by atoms with Crippen LogP contribution >= 0.6 is 11.6 Å². The van der Waals surface area contributed by atoms with Crippen molar-refractivity contribution in [3.05, 3.63) is 62.7 Å². The minimum absolute atomic E-state index is 0.00885. The lowest BCUT2D eigenvalue weighted by Gasteiger charge is -2.30. The highest BCUT2D eigenvalue weighted by molar-refractivity contribution is 7.89. The third kappa shape index (κ3) is 3.68. The van der Waals surface area contributed by atoms with Gasteiger partial charge in [0.15, 0.2) is 0 Å². The number of nitrogens with zero attached hydrogens (tertiary/aromatic N) is 3. The predicted molar refractivity (Wildman–Crippen MR) is 113 cm³/mol. The molecule has 0 spiro atoms. The number of anilines is 1. The molecule has 30 heavy (non-hydrogen) atoms. The number of rotatable bonds is 4. The zero-order valence-electron chi connectivity index (χ0n) is 16.1.